The van der Waals surface area contributed by atoms with E-state index in [0.717, 1.165) is 62.0 Å². The van der Waals surface area contributed by atoms with Crippen molar-refractivity contribution in [3.05, 3.63) is 206 Å². The number of rotatable bonds is 5. The fourth-order valence-electron chi connectivity index (χ4n) is 8.43. The molecule has 278 valence electrons. The molecule has 9 aromatic carbocycles. The minimum atomic E-state index is 0.194. The molecule has 0 N–H and O–H groups in total. The molecule has 0 unspecified atom stereocenters. The van der Waals surface area contributed by atoms with Crippen molar-refractivity contribution in [3.8, 4) is 28.2 Å². The number of para-hydroxylation sites is 6. The predicted octanol–water partition coefficient (Wildman–Crippen LogP) is 15.3. The predicted molar refractivity (Wildman–Crippen MR) is 246 cm³/mol. The lowest BCUT2D eigenvalue weighted by atomic mass is 9.93. The summed E-state index contributed by atoms with van der Waals surface area (Å²) in [5, 5.41) is 5.12. The Labute approximate surface area is 347 Å². The summed E-state index contributed by atoms with van der Waals surface area (Å²) in [5.74, 6) is 0.932. The lowest BCUT2D eigenvalue weighted by Crippen LogP contribution is -2.24. The summed E-state index contributed by atoms with van der Waals surface area (Å²) in [6.07, 6.45) is 0. The van der Waals surface area contributed by atoms with Gasteiger partial charge in [0.05, 0.1) is 39.1 Å². The molecule has 0 spiro atoms. The molecule has 0 aliphatic carbocycles. The number of imidazole rings is 1. The molecule has 1 aliphatic rings. The highest BCUT2D eigenvalue weighted by Gasteiger charge is 2.33. The Morgan fingerprint density at radius 2 is 0.759 bits per heavy atom. The van der Waals surface area contributed by atoms with Crippen molar-refractivity contribution >= 4 is 89.9 Å². The largest absolute Gasteiger partial charge is 0.306 e. The van der Waals surface area contributed by atoms with Crippen LogP contribution < -0.4 is 9.80 Å². The van der Waals surface area contributed by atoms with E-state index in [1.165, 1.54) is 32.9 Å². The van der Waals surface area contributed by atoms with E-state index in [0.29, 0.717) is 0 Å². The third kappa shape index (κ3) is 6.06. The summed E-state index contributed by atoms with van der Waals surface area (Å²) in [4.78, 5) is 9.98. The smallest absolute Gasteiger partial charge is 0.145 e. The first-order valence-electron chi connectivity index (χ1n) is 19.3. The van der Waals surface area contributed by atoms with Gasteiger partial charge in [-0.15, -0.1) is 23.2 Å². The van der Waals surface area contributed by atoms with Crippen LogP contribution in [0.15, 0.2) is 206 Å². The molecule has 0 saturated heterocycles. The molecule has 11 rings (SSSR count). The molecule has 1 aromatic heterocycles. The second-order valence-electron chi connectivity index (χ2n) is 14.1. The van der Waals surface area contributed by atoms with Crippen molar-refractivity contribution < 1.29 is 0 Å². The molecule has 0 amide bonds. The average molecular weight is 788 g/mol. The van der Waals surface area contributed by atoms with E-state index in [1.54, 1.807) is 0 Å². The first kappa shape index (κ1) is 35.6. The van der Waals surface area contributed by atoms with Gasteiger partial charge in [0.25, 0.3) is 0 Å². The second kappa shape index (κ2) is 15.2. The molecular weight excluding hydrogens is 752 g/mol. The van der Waals surface area contributed by atoms with E-state index in [4.69, 9.17) is 28.2 Å². The van der Waals surface area contributed by atoms with Gasteiger partial charge in [-0.05, 0) is 82.6 Å². The molecule has 10 aromatic rings. The molecule has 0 saturated carbocycles. The summed E-state index contributed by atoms with van der Waals surface area (Å²) >= 11 is 9.53. The first-order chi connectivity index (χ1) is 28.7. The van der Waals surface area contributed by atoms with Crippen LogP contribution in [0.4, 0.5) is 34.1 Å². The molecular formula is C52H36Cl2N4. The SMILES string of the molecule is ClCCl.c1ccc(N2c3ccccc3N(c3ccc(-c4ccc(-c5nc6ccccc6n5-c5ccccc5)cc4)cc3)c3c2c2ccccc2c2ccccc32)cc1. The van der Waals surface area contributed by atoms with Crippen LogP contribution in [0.2, 0.25) is 0 Å². The van der Waals surface area contributed by atoms with Crippen LogP contribution in [0.1, 0.15) is 0 Å². The van der Waals surface area contributed by atoms with Crippen molar-refractivity contribution in [2.75, 3.05) is 15.1 Å². The quantitative estimate of drug-likeness (QED) is 0.128. The van der Waals surface area contributed by atoms with Gasteiger partial charge in [-0.1, -0.05) is 146 Å². The minimum Gasteiger partial charge on any atom is -0.306 e. The fourth-order valence-corrected chi connectivity index (χ4v) is 8.43. The Morgan fingerprint density at radius 3 is 1.31 bits per heavy atom. The highest BCUT2D eigenvalue weighted by Crippen LogP contribution is 2.59. The molecule has 0 radical (unpaired) electrons. The normalized spacial score (nSPS) is 12.0. The molecule has 0 bridgehead atoms. The van der Waals surface area contributed by atoms with Crippen molar-refractivity contribution in [1.29, 1.82) is 0 Å². The molecule has 4 nitrogen and oxygen atoms in total. The van der Waals surface area contributed by atoms with Gasteiger partial charge in [-0.2, -0.15) is 0 Å². The van der Waals surface area contributed by atoms with Gasteiger partial charge in [0.15, 0.2) is 0 Å². The number of nitrogens with zero attached hydrogens (tertiary/aromatic N) is 4. The zero-order chi connectivity index (χ0) is 39.0. The number of hydrogen-bond acceptors (Lipinski definition) is 3. The number of halogens is 2. The second-order valence-corrected chi connectivity index (χ2v) is 14.9. The van der Waals surface area contributed by atoms with E-state index in [1.807, 2.05) is 6.07 Å². The molecule has 58 heavy (non-hydrogen) atoms. The van der Waals surface area contributed by atoms with Gasteiger partial charge in [0, 0.05) is 33.4 Å². The molecule has 2 heterocycles. The van der Waals surface area contributed by atoms with Crippen LogP contribution in [0.25, 0.3) is 60.8 Å². The number of anilines is 6. The van der Waals surface area contributed by atoms with Crippen LogP contribution in [0.5, 0.6) is 0 Å². The monoisotopic (exact) mass is 786 g/mol. The maximum absolute atomic E-state index is 5.08. The van der Waals surface area contributed by atoms with E-state index >= 15 is 0 Å². The zero-order valence-corrected chi connectivity index (χ0v) is 32.9. The van der Waals surface area contributed by atoms with Crippen LogP contribution in [0.3, 0.4) is 0 Å². The van der Waals surface area contributed by atoms with Crippen molar-refractivity contribution in [3.63, 3.8) is 0 Å². The third-order valence-corrected chi connectivity index (χ3v) is 10.9. The Hall–Kier alpha value is -6.85. The number of alkyl halides is 2. The van der Waals surface area contributed by atoms with E-state index in [-0.39, 0.29) is 5.34 Å². The summed E-state index contributed by atoms with van der Waals surface area (Å²) < 4.78 is 2.25. The Kier molecular flexibility index (Phi) is 9.34. The number of hydrogen-bond donors (Lipinski definition) is 0. The van der Waals surface area contributed by atoms with Crippen molar-refractivity contribution in [2.24, 2.45) is 0 Å². The van der Waals surface area contributed by atoms with E-state index < -0.39 is 0 Å². The number of benzene rings is 9. The molecule has 1 aliphatic heterocycles. The standard InChI is InChI=1S/C51H34N4.CH2Cl2/c1-3-15-38(16-4-1)53-47-25-13-14-26-48(47)54(50-44-22-10-8-20-42(44)41-19-7-9-21-43(41)49(50)53)40-33-31-36(32-34-40)35-27-29-37(30-28-35)51-52-45-23-11-12-24-46(45)55(51)39-17-5-2-6-18-39;2-1-3/h1-34H;1H2. The van der Waals surface area contributed by atoms with E-state index in [2.05, 4.69) is 215 Å². The van der Waals surface area contributed by atoms with Crippen LogP contribution in [0, 0.1) is 0 Å². The van der Waals surface area contributed by atoms with Crippen LogP contribution in [-0.4, -0.2) is 14.9 Å². The molecule has 0 atom stereocenters. The zero-order valence-electron chi connectivity index (χ0n) is 31.4. The Bertz CT molecular complexity index is 3050. The topological polar surface area (TPSA) is 24.3 Å². The van der Waals surface area contributed by atoms with Crippen molar-refractivity contribution in [1.82, 2.24) is 9.55 Å². The fraction of sp³-hybridized carbons (Fsp3) is 0.0192. The number of fused-ring (bicyclic) bond motifs is 8. The lowest BCUT2D eigenvalue weighted by molar-refractivity contribution is 1.10. The maximum atomic E-state index is 5.08. The van der Waals surface area contributed by atoms with Gasteiger partial charge >= 0.3 is 0 Å². The molecule has 0 fully saturated rings. The van der Waals surface area contributed by atoms with Crippen LogP contribution in [-0.2, 0) is 0 Å². The number of aromatic nitrogens is 2. The summed E-state index contributed by atoms with van der Waals surface area (Å²) in [6, 6.07) is 73.8. The van der Waals surface area contributed by atoms with Gasteiger partial charge in [-0.3, -0.25) is 4.57 Å². The van der Waals surface area contributed by atoms with Crippen LogP contribution >= 0.6 is 23.2 Å². The van der Waals surface area contributed by atoms with Gasteiger partial charge in [-0.25, -0.2) is 4.98 Å². The average Bonchev–Trinajstić information content (AvgIpc) is 3.69. The van der Waals surface area contributed by atoms with Crippen molar-refractivity contribution in [2.45, 2.75) is 0 Å². The Morgan fingerprint density at radius 1 is 0.362 bits per heavy atom. The van der Waals surface area contributed by atoms with E-state index in [9.17, 15) is 0 Å². The highest BCUT2D eigenvalue weighted by molar-refractivity contribution is 6.40. The van der Waals surface area contributed by atoms with Gasteiger partial charge in [0.1, 0.15) is 5.82 Å². The minimum absolute atomic E-state index is 0.194. The Balaban J connectivity index is 0.00000132. The maximum Gasteiger partial charge on any atom is 0.145 e. The van der Waals surface area contributed by atoms with Gasteiger partial charge in [0.2, 0.25) is 0 Å². The highest BCUT2D eigenvalue weighted by atomic mass is 35.5. The summed E-state index contributed by atoms with van der Waals surface area (Å²) in [7, 11) is 0. The summed E-state index contributed by atoms with van der Waals surface area (Å²) in [5.41, 5.74) is 13.4. The third-order valence-electron chi connectivity index (χ3n) is 10.9. The summed E-state index contributed by atoms with van der Waals surface area (Å²) in [6.45, 7) is 0. The van der Waals surface area contributed by atoms with Gasteiger partial charge < -0.3 is 9.80 Å². The lowest BCUT2D eigenvalue weighted by Gasteiger charge is -2.42. The molecule has 6 heteroatoms. The first-order valence-corrected chi connectivity index (χ1v) is 20.3.